The number of methoxy groups -OCH3 is 1. The monoisotopic (exact) mass is 688 g/mol. The van der Waals surface area contributed by atoms with Crippen LogP contribution in [0.3, 0.4) is 0 Å². The van der Waals surface area contributed by atoms with Crippen molar-refractivity contribution in [3.8, 4) is 11.6 Å². The lowest BCUT2D eigenvalue weighted by atomic mass is 10.0. The van der Waals surface area contributed by atoms with Gasteiger partial charge in [-0.05, 0) is 61.1 Å². The summed E-state index contributed by atoms with van der Waals surface area (Å²) in [6.45, 7) is 7.04. The topological polar surface area (TPSA) is 156 Å². The zero-order chi connectivity index (χ0) is 34.8. The normalized spacial score (nSPS) is 14.2. The highest BCUT2D eigenvalue weighted by Gasteiger charge is 2.29. The molecule has 0 bridgehead atoms. The molecule has 0 saturated carbocycles. The molecule has 48 heavy (non-hydrogen) atoms. The molecule has 260 valence electrons. The van der Waals surface area contributed by atoms with Gasteiger partial charge in [-0.15, -0.1) is 0 Å². The molecule has 4 N–H and O–H groups in total. The summed E-state index contributed by atoms with van der Waals surface area (Å²) in [5.41, 5.74) is 5.36. The Hall–Kier alpha value is -4.18. The Balaban J connectivity index is 1.32. The summed E-state index contributed by atoms with van der Waals surface area (Å²) in [7, 11) is -2.16. The lowest BCUT2D eigenvalue weighted by Crippen LogP contribution is -2.49. The number of sulfonamides is 1. The molecule has 3 amide bonds. The maximum absolute atomic E-state index is 14.5. The summed E-state index contributed by atoms with van der Waals surface area (Å²) in [6.07, 6.45) is 3.83. The zero-order valence-corrected chi connectivity index (χ0v) is 28.1. The maximum Gasteiger partial charge on any atom is 0.322 e. The molecule has 2 aromatic carbocycles. The van der Waals surface area contributed by atoms with E-state index in [1.165, 1.54) is 19.2 Å². The molecule has 0 radical (unpaired) electrons. The molecule has 1 aliphatic rings. The number of primary amides is 1. The minimum atomic E-state index is -3.65. The summed E-state index contributed by atoms with van der Waals surface area (Å²) in [5, 5.41) is 2.52. The van der Waals surface area contributed by atoms with Gasteiger partial charge in [0.1, 0.15) is 17.4 Å². The fourth-order valence-corrected chi connectivity index (χ4v) is 6.26. The number of urea groups is 1. The summed E-state index contributed by atoms with van der Waals surface area (Å²) in [6, 6.07) is 10.5. The number of anilines is 1. The van der Waals surface area contributed by atoms with Gasteiger partial charge in [0, 0.05) is 64.2 Å². The number of carbonyl (C=O) groups is 2. The maximum atomic E-state index is 14.5. The number of aromatic nitrogens is 1. The molecule has 1 fully saturated rings. The van der Waals surface area contributed by atoms with Gasteiger partial charge < -0.3 is 25.4 Å². The van der Waals surface area contributed by atoms with Crippen LogP contribution in [0.15, 0.2) is 59.6 Å². The van der Waals surface area contributed by atoms with Gasteiger partial charge >= 0.3 is 6.03 Å². The van der Waals surface area contributed by atoms with Crippen molar-refractivity contribution < 1.29 is 36.3 Å². The Morgan fingerprint density at radius 1 is 1.08 bits per heavy atom. The molecule has 12 nitrogen and oxygen atoms in total. The average Bonchev–Trinajstić information content (AvgIpc) is 3.04. The fourth-order valence-electron chi connectivity index (χ4n) is 5.25. The molecule has 0 unspecified atom stereocenters. The van der Waals surface area contributed by atoms with Crippen LogP contribution in [0.2, 0.25) is 0 Å². The highest BCUT2D eigenvalue weighted by atomic mass is 32.2. The van der Waals surface area contributed by atoms with Crippen LogP contribution < -0.4 is 20.5 Å². The smallest absolute Gasteiger partial charge is 0.322 e. The van der Waals surface area contributed by atoms with Gasteiger partial charge in [-0.25, -0.2) is 31.7 Å². The zero-order valence-electron chi connectivity index (χ0n) is 27.2. The van der Waals surface area contributed by atoms with Crippen molar-refractivity contribution in [2.45, 2.75) is 50.6 Å². The first-order chi connectivity index (χ1) is 22.9. The van der Waals surface area contributed by atoms with E-state index in [4.69, 9.17) is 15.2 Å². The van der Waals surface area contributed by atoms with E-state index in [2.05, 4.69) is 33.8 Å². The highest BCUT2D eigenvalue weighted by molar-refractivity contribution is 7.89. The lowest BCUT2D eigenvalue weighted by Gasteiger charge is -2.39. The molecule has 15 heteroatoms. The van der Waals surface area contributed by atoms with Crippen LogP contribution >= 0.6 is 0 Å². The van der Waals surface area contributed by atoms with Gasteiger partial charge in [0.15, 0.2) is 0 Å². The van der Waals surface area contributed by atoms with Crippen LogP contribution in [0, 0.1) is 17.6 Å². The first kappa shape index (κ1) is 36.7. The number of benzene rings is 2. The number of carbonyl (C=O) groups excluding carboxylic acids is 2. The van der Waals surface area contributed by atoms with Crippen LogP contribution in [-0.2, 0) is 21.3 Å². The fraction of sp³-hybridized carbons (Fsp3) is 0.424. The third kappa shape index (κ3) is 10.2. The number of hydrogen-bond acceptors (Lipinski definition) is 8. The van der Waals surface area contributed by atoms with E-state index in [1.54, 1.807) is 29.3 Å². The van der Waals surface area contributed by atoms with Gasteiger partial charge in [-0.1, -0.05) is 19.9 Å². The van der Waals surface area contributed by atoms with Gasteiger partial charge in [-0.2, -0.15) is 0 Å². The van der Waals surface area contributed by atoms with Crippen molar-refractivity contribution in [2.75, 3.05) is 45.2 Å². The predicted molar refractivity (Wildman–Crippen MR) is 176 cm³/mol. The van der Waals surface area contributed by atoms with E-state index in [0.717, 1.165) is 18.1 Å². The molecule has 1 aromatic heterocycles. The number of ether oxygens (including phenoxy) is 2. The molecule has 2 heterocycles. The Kier molecular flexibility index (Phi) is 12.8. The molecular formula is C33H42F2N6O6S. The van der Waals surface area contributed by atoms with Gasteiger partial charge in [0.05, 0.1) is 22.8 Å². The number of nitrogens with zero attached hydrogens (tertiary/aromatic N) is 3. The second-order valence-electron chi connectivity index (χ2n) is 12.0. The summed E-state index contributed by atoms with van der Waals surface area (Å²) < 4.78 is 66.3. The Bertz CT molecular complexity index is 1650. The molecule has 0 aliphatic carbocycles. The van der Waals surface area contributed by atoms with Gasteiger partial charge in [0.25, 0.3) is 5.91 Å². The second-order valence-corrected chi connectivity index (χ2v) is 13.7. The number of rotatable bonds is 15. The van der Waals surface area contributed by atoms with E-state index < -0.39 is 39.2 Å². The number of amides is 3. The minimum Gasteiger partial charge on any atom is -0.439 e. The second kappa shape index (κ2) is 16.8. The Morgan fingerprint density at radius 2 is 1.79 bits per heavy atom. The minimum absolute atomic E-state index is 0.101. The lowest BCUT2D eigenvalue weighted by molar-refractivity contribution is 0.0996. The van der Waals surface area contributed by atoms with E-state index in [0.29, 0.717) is 62.6 Å². The van der Waals surface area contributed by atoms with Crippen molar-refractivity contribution in [1.82, 2.24) is 19.5 Å². The summed E-state index contributed by atoms with van der Waals surface area (Å²) >= 11 is 0. The number of likely N-dealkylation sites (tertiary alicyclic amines) is 1. The largest absolute Gasteiger partial charge is 0.439 e. The van der Waals surface area contributed by atoms with Crippen molar-refractivity contribution >= 4 is 27.6 Å². The van der Waals surface area contributed by atoms with Crippen LogP contribution in [0.25, 0.3) is 0 Å². The third-order valence-corrected chi connectivity index (χ3v) is 9.41. The molecule has 4 rings (SSSR count). The van der Waals surface area contributed by atoms with Gasteiger partial charge in [0.2, 0.25) is 15.9 Å². The van der Waals surface area contributed by atoms with Crippen LogP contribution in [0.4, 0.5) is 19.3 Å². The molecule has 3 aromatic rings. The van der Waals surface area contributed by atoms with Gasteiger partial charge in [-0.3, -0.25) is 9.69 Å². The van der Waals surface area contributed by atoms with E-state index >= 15 is 0 Å². The van der Waals surface area contributed by atoms with E-state index in [-0.39, 0.29) is 29.8 Å². The number of hydrogen-bond donors (Lipinski definition) is 3. The number of halogens is 2. The predicted octanol–water partition coefficient (Wildman–Crippen LogP) is 4.72. The van der Waals surface area contributed by atoms with Crippen LogP contribution in [0.5, 0.6) is 11.6 Å². The van der Waals surface area contributed by atoms with E-state index in [1.807, 2.05) is 6.07 Å². The molecule has 1 aliphatic heterocycles. The Labute approximate surface area is 279 Å². The number of piperidine rings is 1. The van der Waals surface area contributed by atoms with Crippen LogP contribution in [0.1, 0.15) is 49.0 Å². The quantitative estimate of drug-likeness (QED) is 0.194. The van der Waals surface area contributed by atoms with Crippen molar-refractivity contribution in [3.63, 3.8) is 0 Å². The number of nitrogens with two attached hydrogens (primary N) is 1. The number of nitrogens with one attached hydrogen (secondary N) is 2. The van der Waals surface area contributed by atoms with Crippen molar-refractivity contribution in [2.24, 2.45) is 11.7 Å². The molecule has 0 atom stereocenters. The molecular weight excluding hydrogens is 646 g/mol. The molecule has 0 spiro atoms. The first-order valence-corrected chi connectivity index (χ1v) is 17.1. The van der Waals surface area contributed by atoms with Crippen molar-refractivity contribution in [1.29, 1.82) is 0 Å². The van der Waals surface area contributed by atoms with Crippen molar-refractivity contribution in [3.05, 3.63) is 77.5 Å². The Morgan fingerprint density at radius 3 is 2.40 bits per heavy atom. The third-order valence-electron chi connectivity index (χ3n) is 7.93. The standard InChI is InChI=1S/C33H42F2N6O6S/c1-22(2)10-16-41(33(43)39-30-18-27(32(36)42)28(34)19-29(30)35)24-11-14-40(15-12-24)21-23-4-9-31(37-20-23)47-25-5-7-26(8-6-25)48(44,45)38-13-17-46-3/h4-9,18-20,22,24,38H,10-17,21H2,1-3H3,(H2,36,42)(H,39,43). The first-order valence-electron chi connectivity index (χ1n) is 15.7. The highest BCUT2D eigenvalue weighted by Crippen LogP contribution is 2.25. The average molecular weight is 689 g/mol. The molecule has 1 saturated heterocycles. The number of pyridine rings is 1. The summed E-state index contributed by atoms with van der Waals surface area (Å²) in [5.74, 6) is -2.02. The SMILES string of the molecule is COCCNS(=O)(=O)c1ccc(Oc2ccc(CN3CCC(N(CCC(C)C)C(=O)Nc4cc(C(N)=O)c(F)cc4F)CC3)cn2)cc1. The van der Waals surface area contributed by atoms with E-state index in [9.17, 15) is 26.8 Å². The summed E-state index contributed by atoms with van der Waals surface area (Å²) in [4.78, 5) is 33.4. The van der Waals surface area contributed by atoms with Crippen LogP contribution in [-0.4, -0.2) is 81.1 Å².